The van der Waals surface area contributed by atoms with Crippen molar-refractivity contribution in [1.29, 1.82) is 0 Å². The van der Waals surface area contributed by atoms with Crippen molar-refractivity contribution in [1.82, 2.24) is 24.5 Å². The molecular weight excluding hydrogens is 611 g/mol. The number of ether oxygens (including phenoxy) is 2. The zero-order valence-corrected chi connectivity index (χ0v) is 28.0. The van der Waals surface area contributed by atoms with Gasteiger partial charge in [-0.3, -0.25) is 4.79 Å². The van der Waals surface area contributed by atoms with Crippen molar-refractivity contribution in [3.05, 3.63) is 42.1 Å². The normalized spacial score (nSPS) is 27.0. The summed E-state index contributed by atoms with van der Waals surface area (Å²) < 4.78 is 53.3. The number of carbonyl (C=O) groups is 1. The minimum absolute atomic E-state index is 0.0724. The first-order chi connectivity index (χ1) is 22.0. The van der Waals surface area contributed by atoms with Crippen LogP contribution in [-0.2, 0) is 14.8 Å². The molecule has 2 aromatic rings. The number of anilines is 1. The fourth-order valence-electron chi connectivity index (χ4n) is 7.56. The van der Waals surface area contributed by atoms with Crippen LogP contribution in [0.1, 0.15) is 76.1 Å². The smallest absolute Gasteiger partial charge is 0.258 e. The Labute approximate surface area is 271 Å². The van der Waals surface area contributed by atoms with Crippen molar-refractivity contribution in [2.45, 2.75) is 89.9 Å². The number of halogens is 1. The molecule has 1 N–H and O–H groups in total. The molecule has 1 aromatic heterocycles. The maximum atomic E-state index is 14.4. The number of amides is 1. The Kier molecular flexibility index (Phi) is 9.84. The highest BCUT2D eigenvalue weighted by molar-refractivity contribution is 7.89. The Bertz CT molecular complexity index is 1480. The first kappa shape index (κ1) is 33.0. The molecule has 1 aromatic carbocycles. The van der Waals surface area contributed by atoms with E-state index < -0.39 is 15.8 Å². The van der Waals surface area contributed by atoms with Gasteiger partial charge in [-0.05, 0) is 97.0 Å². The predicted octanol–water partition coefficient (Wildman–Crippen LogP) is 4.20. The lowest BCUT2D eigenvalue weighted by atomic mass is 9.72. The summed E-state index contributed by atoms with van der Waals surface area (Å²) in [7, 11) is -3.22. The first-order valence-corrected chi connectivity index (χ1v) is 18.4. The SMILES string of the molecule is CCS(=O)(=O)N[C@@H]1CC[C@@H](CN2CCC3(CC2)CN(c2ncncc2Oc2ccc(F)cc2C(=O)N2[C@H](C)CCC[C@@H]2C)C3)OC1. The van der Waals surface area contributed by atoms with Gasteiger partial charge in [0.15, 0.2) is 11.6 Å². The summed E-state index contributed by atoms with van der Waals surface area (Å²) in [6.45, 7) is 10.7. The third-order valence-electron chi connectivity index (χ3n) is 10.3. The second-order valence-electron chi connectivity index (χ2n) is 13.7. The van der Waals surface area contributed by atoms with Gasteiger partial charge in [0.05, 0.1) is 30.2 Å². The maximum Gasteiger partial charge on any atom is 0.258 e. The number of hydrogen-bond donors (Lipinski definition) is 1. The van der Waals surface area contributed by atoms with Crippen molar-refractivity contribution in [2.75, 3.05) is 50.0 Å². The van der Waals surface area contributed by atoms with Crippen LogP contribution in [-0.4, -0.2) is 103 Å². The Morgan fingerprint density at radius 1 is 1.11 bits per heavy atom. The minimum atomic E-state index is -3.22. The molecular formula is C33H47FN6O5S. The first-order valence-electron chi connectivity index (χ1n) is 16.7. The molecule has 0 aliphatic carbocycles. The van der Waals surface area contributed by atoms with E-state index in [1.54, 1.807) is 13.1 Å². The number of nitrogens with zero attached hydrogens (tertiary/aromatic N) is 5. The Balaban J connectivity index is 1.04. The average Bonchev–Trinajstić information content (AvgIpc) is 3.02. The molecule has 4 aliphatic rings. The van der Waals surface area contributed by atoms with Crippen molar-refractivity contribution < 1.29 is 27.1 Å². The van der Waals surface area contributed by atoms with Crippen LogP contribution in [0.3, 0.4) is 0 Å². The third kappa shape index (κ3) is 7.32. The minimum Gasteiger partial charge on any atom is -0.451 e. The highest BCUT2D eigenvalue weighted by Gasteiger charge is 2.46. The van der Waals surface area contributed by atoms with Crippen molar-refractivity contribution in [3.63, 3.8) is 0 Å². The number of aromatic nitrogens is 2. The second-order valence-corrected chi connectivity index (χ2v) is 15.7. The van der Waals surface area contributed by atoms with E-state index in [0.29, 0.717) is 23.9 Å². The Morgan fingerprint density at radius 2 is 1.85 bits per heavy atom. The maximum absolute atomic E-state index is 14.4. The van der Waals surface area contributed by atoms with Gasteiger partial charge in [0.2, 0.25) is 10.0 Å². The third-order valence-corrected chi connectivity index (χ3v) is 11.8. The lowest BCUT2D eigenvalue weighted by Crippen LogP contribution is -2.61. The highest BCUT2D eigenvalue weighted by atomic mass is 32.2. The standard InChI is InChI=1S/C33H47FN6O5S/c1-4-46(42,43)37-26-9-10-27(44-19-26)18-38-14-12-33(13-15-38)20-39(21-33)31-30(17-35-22-36-31)45-29-11-8-25(34)16-28(29)32(41)40-23(2)6-5-7-24(40)3/h8,11,16-17,22-24,26-27,37H,4-7,9-10,12-15,18-21H2,1-3H3/t23-,24+,26-,27+/m1/s1. The molecule has 5 heterocycles. The number of hydrogen-bond acceptors (Lipinski definition) is 9. The largest absolute Gasteiger partial charge is 0.451 e. The van der Waals surface area contributed by atoms with E-state index in [1.165, 1.54) is 24.5 Å². The van der Waals surface area contributed by atoms with E-state index in [1.807, 2.05) is 18.7 Å². The summed E-state index contributed by atoms with van der Waals surface area (Å²) in [4.78, 5) is 29.0. The molecule has 13 heteroatoms. The average molecular weight is 659 g/mol. The Morgan fingerprint density at radius 3 is 2.52 bits per heavy atom. The molecule has 1 amide bonds. The van der Waals surface area contributed by atoms with Gasteiger partial charge in [-0.2, -0.15) is 0 Å². The molecule has 6 rings (SSSR count). The molecule has 4 aliphatic heterocycles. The van der Waals surface area contributed by atoms with Gasteiger partial charge in [-0.1, -0.05) is 0 Å². The van der Waals surface area contributed by atoms with Gasteiger partial charge < -0.3 is 24.2 Å². The lowest BCUT2D eigenvalue weighted by molar-refractivity contribution is -0.0299. The molecule has 0 radical (unpaired) electrons. The van der Waals surface area contributed by atoms with Crippen molar-refractivity contribution in [3.8, 4) is 11.5 Å². The molecule has 0 saturated carbocycles. The summed E-state index contributed by atoms with van der Waals surface area (Å²) in [5, 5.41) is 0. The molecule has 4 saturated heterocycles. The van der Waals surface area contributed by atoms with Crippen LogP contribution in [0.2, 0.25) is 0 Å². The van der Waals surface area contributed by atoms with Crippen molar-refractivity contribution in [2.24, 2.45) is 5.41 Å². The molecule has 252 valence electrons. The van der Waals surface area contributed by atoms with Gasteiger partial charge in [-0.15, -0.1) is 0 Å². The summed E-state index contributed by atoms with van der Waals surface area (Å²) in [6, 6.07) is 4.11. The topological polar surface area (TPSA) is 117 Å². The molecule has 1 spiro atoms. The summed E-state index contributed by atoms with van der Waals surface area (Å²) in [5.74, 6) is 0.807. The lowest BCUT2D eigenvalue weighted by Gasteiger charge is -2.54. The molecule has 0 unspecified atom stereocenters. The molecule has 4 atom stereocenters. The van der Waals surface area contributed by atoms with E-state index in [2.05, 4.69) is 24.5 Å². The summed E-state index contributed by atoms with van der Waals surface area (Å²) >= 11 is 0. The fourth-order valence-corrected chi connectivity index (χ4v) is 8.43. The zero-order valence-electron chi connectivity index (χ0n) is 27.2. The number of rotatable bonds is 9. The van der Waals surface area contributed by atoms with Crippen LogP contribution in [0.5, 0.6) is 11.5 Å². The Hall–Kier alpha value is -2.87. The number of sulfonamides is 1. The van der Waals surface area contributed by atoms with Crippen LogP contribution in [0.15, 0.2) is 30.7 Å². The van der Waals surface area contributed by atoms with Crippen LogP contribution in [0, 0.1) is 11.2 Å². The molecule has 0 bridgehead atoms. The van der Waals surface area contributed by atoms with Gasteiger partial charge in [-0.25, -0.2) is 27.5 Å². The van der Waals surface area contributed by atoms with Crippen LogP contribution < -0.4 is 14.4 Å². The van der Waals surface area contributed by atoms with Gasteiger partial charge in [0.25, 0.3) is 5.91 Å². The van der Waals surface area contributed by atoms with Crippen LogP contribution in [0.25, 0.3) is 0 Å². The molecule has 46 heavy (non-hydrogen) atoms. The molecule has 11 nitrogen and oxygen atoms in total. The fraction of sp³-hybridized carbons (Fsp3) is 0.667. The van der Waals surface area contributed by atoms with Gasteiger partial charge in [0.1, 0.15) is 17.9 Å². The van der Waals surface area contributed by atoms with Gasteiger partial charge in [0, 0.05) is 43.2 Å². The van der Waals surface area contributed by atoms with E-state index >= 15 is 0 Å². The zero-order chi connectivity index (χ0) is 32.5. The van der Waals surface area contributed by atoms with E-state index in [4.69, 9.17) is 9.47 Å². The molecule has 4 fully saturated rings. The number of benzene rings is 1. The monoisotopic (exact) mass is 658 g/mol. The number of piperidine rings is 2. The number of likely N-dealkylation sites (tertiary alicyclic amines) is 2. The second kappa shape index (κ2) is 13.7. The summed E-state index contributed by atoms with van der Waals surface area (Å²) in [6.07, 6.45) is 9.94. The van der Waals surface area contributed by atoms with E-state index in [-0.39, 0.29) is 46.9 Å². The van der Waals surface area contributed by atoms with E-state index in [9.17, 15) is 17.6 Å². The van der Waals surface area contributed by atoms with Crippen LogP contribution >= 0.6 is 0 Å². The predicted molar refractivity (Wildman–Crippen MR) is 173 cm³/mol. The summed E-state index contributed by atoms with van der Waals surface area (Å²) in [5.41, 5.74) is 0.412. The number of carbonyl (C=O) groups excluding carboxylic acids is 1. The highest BCUT2D eigenvalue weighted by Crippen LogP contribution is 2.45. The number of nitrogens with one attached hydrogen (secondary N) is 1. The van der Waals surface area contributed by atoms with Crippen molar-refractivity contribution >= 4 is 21.7 Å². The van der Waals surface area contributed by atoms with E-state index in [0.717, 1.165) is 77.7 Å². The van der Waals surface area contributed by atoms with Gasteiger partial charge >= 0.3 is 0 Å². The van der Waals surface area contributed by atoms with Crippen LogP contribution in [0.4, 0.5) is 10.2 Å². The quantitative estimate of drug-likeness (QED) is 0.423.